The van der Waals surface area contributed by atoms with Crippen molar-refractivity contribution in [3.8, 4) is 22.6 Å². The van der Waals surface area contributed by atoms with Crippen LogP contribution in [0.15, 0.2) is 48.5 Å². The number of aliphatic carboxylic acids is 1. The van der Waals surface area contributed by atoms with Crippen LogP contribution in [0, 0.1) is 0 Å². The van der Waals surface area contributed by atoms with Gasteiger partial charge in [0, 0.05) is 6.08 Å². The molecule has 0 atom stereocenters. The molecule has 0 aliphatic heterocycles. The monoisotopic (exact) mass is 298 g/mol. The number of hydrogen-bond acceptors (Lipinski definition) is 3. The number of carboxylic acids is 1. The first kappa shape index (κ1) is 15.6. The van der Waals surface area contributed by atoms with E-state index in [0.29, 0.717) is 18.1 Å². The van der Waals surface area contributed by atoms with E-state index in [0.717, 1.165) is 22.8 Å². The summed E-state index contributed by atoms with van der Waals surface area (Å²) < 4.78 is 10.9. The molecule has 114 valence electrons. The van der Waals surface area contributed by atoms with Crippen molar-refractivity contribution in [2.24, 2.45) is 0 Å². The van der Waals surface area contributed by atoms with Gasteiger partial charge in [0.2, 0.25) is 0 Å². The van der Waals surface area contributed by atoms with Crippen LogP contribution in [-0.2, 0) is 4.79 Å². The van der Waals surface area contributed by atoms with E-state index >= 15 is 0 Å². The van der Waals surface area contributed by atoms with E-state index < -0.39 is 5.97 Å². The molecule has 2 aromatic rings. The first-order valence-electron chi connectivity index (χ1n) is 6.96. The summed E-state index contributed by atoms with van der Waals surface area (Å²) in [4.78, 5) is 10.6. The standard InChI is InChI=1S/C18H18O4/c1-3-22-16-9-8-15(12-17(16)21-2)14-6-4-5-13(11-14)7-10-18(19)20/h4-12H,3H2,1-2H3,(H,19,20)/b10-7-. The van der Waals surface area contributed by atoms with E-state index in [1.807, 2.05) is 49.4 Å². The average molecular weight is 298 g/mol. The Bertz CT molecular complexity index is 689. The van der Waals surface area contributed by atoms with Gasteiger partial charge in [-0.15, -0.1) is 0 Å². The molecule has 0 amide bonds. The highest BCUT2D eigenvalue weighted by Crippen LogP contribution is 2.32. The third-order valence-electron chi connectivity index (χ3n) is 3.10. The normalized spacial score (nSPS) is 10.6. The van der Waals surface area contributed by atoms with E-state index in [2.05, 4.69) is 0 Å². The van der Waals surface area contributed by atoms with Gasteiger partial charge in [-0.1, -0.05) is 24.3 Å². The molecule has 0 unspecified atom stereocenters. The predicted molar refractivity (Wildman–Crippen MR) is 86.3 cm³/mol. The predicted octanol–water partition coefficient (Wildman–Crippen LogP) is 3.86. The van der Waals surface area contributed by atoms with Crippen LogP contribution in [0.4, 0.5) is 0 Å². The number of carboxylic acid groups (broad SMARTS) is 1. The Balaban J connectivity index is 2.35. The van der Waals surface area contributed by atoms with Crippen molar-refractivity contribution in [3.63, 3.8) is 0 Å². The average Bonchev–Trinajstić information content (AvgIpc) is 2.54. The van der Waals surface area contributed by atoms with Crippen LogP contribution in [0.3, 0.4) is 0 Å². The van der Waals surface area contributed by atoms with Crippen LogP contribution >= 0.6 is 0 Å². The molecule has 2 rings (SSSR count). The molecule has 0 aromatic heterocycles. The van der Waals surface area contributed by atoms with E-state index in [4.69, 9.17) is 14.6 Å². The van der Waals surface area contributed by atoms with Crippen LogP contribution in [0.25, 0.3) is 17.2 Å². The Labute approximate surface area is 129 Å². The van der Waals surface area contributed by atoms with Gasteiger partial charge in [-0.3, -0.25) is 0 Å². The van der Waals surface area contributed by atoms with E-state index in [1.165, 1.54) is 0 Å². The summed E-state index contributed by atoms with van der Waals surface area (Å²) >= 11 is 0. The molecule has 0 saturated carbocycles. The maximum Gasteiger partial charge on any atom is 0.328 e. The molecule has 1 N–H and O–H groups in total. The molecule has 0 heterocycles. The summed E-state index contributed by atoms with van der Waals surface area (Å²) in [6.45, 7) is 2.50. The smallest absolute Gasteiger partial charge is 0.328 e. The maximum atomic E-state index is 10.6. The van der Waals surface area contributed by atoms with Crippen molar-refractivity contribution >= 4 is 12.0 Å². The minimum atomic E-state index is -0.965. The molecule has 0 spiro atoms. The molecule has 0 aliphatic carbocycles. The van der Waals surface area contributed by atoms with E-state index in [1.54, 1.807) is 13.2 Å². The molecule has 0 saturated heterocycles. The highest BCUT2D eigenvalue weighted by Gasteiger charge is 2.07. The first-order chi connectivity index (χ1) is 10.6. The number of benzene rings is 2. The number of methoxy groups -OCH3 is 1. The van der Waals surface area contributed by atoms with Gasteiger partial charge < -0.3 is 14.6 Å². The van der Waals surface area contributed by atoms with Crippen LogP contribution in [0.2, 0.25) is 0 Å². The second-order valence-corrected chi connectivity index (χ2v) is 4.60. The summed E-state index contributed by atoms with van der Waals surface area (Å²) in [5.74, 6) is 0.412. The van der Waals surface area contributed by atoms with Gasteiger partial charge >= 0.3 is 5.97 Å². The zero-order valence-electron chi connectivity index (χ0n) is 12.6. The van der Waals surface area contributed by atoms with Gasteiger partial charge in [-0.25, -0.2) is 4.79 Å². The fourth-order valence-electron chi connectivity index (χ4n) is 2.11. The topological polar surface area (TPSA) is 55.8 Å². The van der Waals surface area contributed by atoms with Crippen molar-refractivity contribution in [1.29, 1.82) is 0 Å². The third-order valence-corrected chi connectivity index (χ3v) is 3.10. The third kappa shape index (κ3) is 3.88. The SMILES string of the molecule is CCOc1ccc(-c2cccc(/C=C\C(=O)O)c2)cc1OC. The minimum absolute atomic E-state index is 0.575. The molecule has 22 heavy (non-hydrogen) atoms. The zero-order valence-corrected chi connectivity index (χ0v) is 12.6. The van der Waals surface area contributed by atoms with Crippen molar-refractivity contribution in [1.82, 2.24) is 0 Å². The van der Waals surface area contributed by atoms with Crippen LogP contribution < -0.4 is 9.47 Å². The van der Waals surface area contributed by atoms with Gasteiger partial charge in [0.25, 0.3) is 0 Å². The Kier molecular flexibility index (Phi) is 5.20. The van der Waals surface area contributed by atoms with Crippen LogP contribution in [0.5, 0.6) is 11.5 Å². The largest absolute Gasteiger partial charge is 0.493 e. The zero-order chi connectivity index (χ0) is 15.9. The fourth-order valence-corrected chi connectivity index (χ4v) is 2.11. The molecule has 2 aromatic carbocycles. The Hall–Kier alpha value is -2.75. The summed E-state index contributed by atoms with van der Waals surface area (Å²) in [6, 6.07) is 13.4. The lowest BCUT2D eigenvalue weighted by molar-refractivity contribution is -0.131. The summed E-state index contributed by atoms with van der Waals surface area (Å²) in [6.07, 6.45) is 2.69. The Morgan fingerprint density at radius 3 is 2.59 bits per heavy atom. The lowest BCUT2D eigenvalue weighted by Crippen LogP contribution is -1.95. The van der Waals surface area contributed by atoms with Crippen molar-refractivity contribution in [3.05, 3.63) is 54.1 Å². The lowest BCUT2D eigenvalue weighted by atomic mass is 10.0. The molecular formula is C18H18O4. The molecule has 0 bridgehead atoms. The van der Waals surface area contributed by atoms with Gasteiger partial charge in [0.1, 0.15) is 0 Å². The molecule has 0 radical (unpaired) electrons. The Morgan fingerprint density at radius 1 is 1.14 bits per heavy atom. The lowest BCUT2D eigenvalue weighted by Gasteiger charge is -2.11. The van der Waals surface area contributed by atoms with Gasteiger partial charge in [0.05, 0.1) is 13.7 Å². The first-order valence-corrected chi connectivity index (χ1v) is 6.96. The summed E-state index contributed by atoms with van der Waals surface area (Å²) in [5, 5.41) is 8.69. The van der Waals surface area contributed by atoms with E-state index in [9.17, 15) is 4.79 Å². The second-order valence-electron chi connectivity index (χ2n) is 4.60. The maximum absolute atomic E-state index is 10.6. The van der Waals surface area contributed by atoms with Gasteiger partial charge in [-0.2, -0.15) is 0 Å². The minimum Gasteiger partial charge on any atom is -0.493 e. The molecule has 4 heteroatoms. The molecule has 4 nitrogen and oxygen atoms in total. The van der Waals surface area contributed by atoms with E-state index in [-0.39, 0.29) is 0 Å². The summed E-state index contributed by atoms with van der Waals surface area (Å²) in [7, 11) is 1.60. The van der Waals surface area contributed by atoms with Crippen LogP contribution in [0.1, 0.15) is 12.5 Å². The highest BCUT2D eigenvalue weighted by atomic mass is 16.5. The highest BCUT2D eigenvalue weighted by molar-refractivity contribution is 5.85. The molecule has 0 fully saturated rings. The van der Waals surface area contributed by atoms with Crippen molar-refractivity contribution < 1.29 is 19.4 Å². The Morgan fingerprint density at radius 2 is 1.91 bits per heavy atom. The van der Waals surface area contributed by atoms with Crippen LogP contribution in [-0.4, -0.2) is 24.8 Å². The van der Waals surface area contributed by atoms with Gasteiger partial charge in [0.15, 0.2) is 11.5 Å². The van der Waals surface area contributed by atoms with Gasteiger partial charge in [-0.05, 0) is 47.9 Å². The quantitative estimate of drug-likeness (QED) is 0.823. The number of rotatable bonds is 6. The molecule has 0 aliphatic rings. The number of hydrogen-bond donors (Lipinski definition) is 1. The van der Waals surface area contributed by atoms with Crippen molar-refractivity contribution in [2.45, 2.75) is 6.92 Å². The summed E-state index contributed by atoms with van der Waals surface area (Å²) in [5.41, 5.74) is 2.78. The fraction of sp³-hybridized carbons (Fsp3) is 0.167. The second kappa shape index (κ2) is 7.31. The molecular weight excluding hydrogens is 280 g/mol. The number of ether oxygens (including phenoxy) is 2. The van der Waals surface area contributed by atoms with Crippen molar-refractivity contribution in [2.75, 3.05) is 13.7 Å². The number of carbonyl (C=O) groups is 1.